The van der Waals surface area contributed by atoms with E-state index in [1.165, 1.54) is 17.4 Å². The minimum atomic E-state index is -0.107. The van der Waals surface area contributed by atoms with Crippen LogP contribution < -0.4 is 10.9 Å². The third kappa shape index (κ3) is 4.43. The van der Waals surface area contributed by atoms with Crippen LogP contribution in [-0.4, -0.2) is 27.4 Å². The van der Waals surface area contributed by atoms with Crippen LogP contribution in [0.4, 0.5) is 5.69 Å². The lowest BCUT2D eigenvalue weighted by atomic mass is 10.1. The molecule has 29 heavy (non-hydrogen) atoms. The van der Waals surface area contributed by atoms with Crippen molar-refractivity contribution in [2.24, 2.45) is 0 Å². The average molecular weight is 428 g/mol. The summed E-state index contributed by atoms with van der Waals surface area (Å²) < 4.78 is 0. The van der Waals surface area contributed by atoms with Gasteiger partial charge in [0.15, 0.2) is 5.78 Å². The number of amides is 1. The number of ketones is 1. The smallest absolute Gasteiger partial charge is 0.259 e. The van der Waals surface area contributed by atoms with Crippen LogP contribution in [0, 0.1) is 0 Å². The van der Waals surface area contributed by atoms with Gasteiger partial charge < -0.3 is 10.3 Å². The molecule has 0 aliphatic heterocycles. The number of thiophene rings is 1. The Morgan fingerprint density at radius 3 is 3.00 bits per heavy atom. The molecule has 0 saturated carbocycles. The van der Waals surface area contributed by atoms with E-state index in [9.17, 15) is 14.4 Å². The van der Waals surface area contributed by atoms with Gasteiger partial charge in [-0.15, -0.1) is 11.3 Å². The summed E-state index contributed by atoms with van der Waals surface area (Å²) in [7, 11) is 0. The van der Waals surface area contributed by atoms with Gasteiger partial charge in [0.25, 0.3) is 5.56 Å². The van der Waals surface area contributed by atoms with E-state index >= 15 is 0 Å². The highest BCUT2D eigenvalue weighted by Gasteiger charge is 2.21. The molecular formula is C21H21N3O3S2. The third-order valence-electron chi connectivity index (χ3n) is 4.89. The maximum Gasteiger partial charge on any atom is 0.259 e. The largest absolute Gasteiger partial charge is 0.326 e. The highest BCUT2D eigenvalue weighted by molar-refractivity contribution is 7.98. The number of hydrogen-bond donors (Lipinski definition) is 2. The lowest BCUT2D eigenvalue weighted by Crippen LogP contribution is -2.13. The zero-order valence-corrected chi connectivity index (χ0v) is 17.7. The van der Waals surface area contributed by atoms with Gasteiger partial charge in [0, 0.05) is 28.3 Å². The van der Waals surface area contributed by atoms with Crippen molar-refractivity contribution in [3.05, 3.63) is 56.4 Å². The van der Waals surface area contributed by atoms with E-state index < -0.39 is 0 Å². The van der Waals surface area contributed by atoms with Crippen LogP contribution in [0.3, 0.4) is 0 Å². The van der Waals surface area contributed by atoms with E-state index in [2.05, 4.69) is 15.3 Å². The van der Waals surface area contributed by atoms with Gasteiger partial charge in [-0.2, -0.15) is 11.8 Å². The van der Waals surface area contributed by atoms with Crippen molar-refractivity contribution in [3.63, 3.8) is 0 Å². The number of hydrogen-bond acceptors (Lipinski definition) is 6. The number of nitrogens with zero attached hydrogens (tertiary/aromatic N) is 1. The van der Waals surface area contributed by atoms with Gasteiger partial charge in [0.1, 0.15) is 10.7 Å². The number of carbonyl (C=O) groups excluding carboxylic acids is 2. The first kappa shape index (κ1) is 19.8. The van der Waals surface area contributed by atoms with Gasteiger partial charge in [0.05, 0.1) is 11.1 Å². The molecule has 0 unspecified atom stereocenters. The maximum absolute atomic E-state index is 12.5. The molecule has 1 aromatic carbocycles. The number of rotatable bonds is 7. The molecule has 0 saturated heterocycles. The van der Waals surface area contributed by atoms with Gasteiger partial charge in [-0.3, -0.25) is 14.4 Å². The molecular weight excluding hydrogens is 406 g/mol. The second kappa shape index (κ2) is 8.51. The first-order chi connectivity index (χ1) is 14.0. The number of H-pyrrole nitrogens is 1. The van der Waals surface area contributed by atoms with Crippen LogP contribution in [0.2, 0.25) is 0 Å². The number of benzene rings is 1. The summed E-state index contributed by atoms with van der Waals surface area (Å²) in [6.45, 7) is 1.50. The first-order valence-electron chi connectivity index (χ1n) is 9.53. The van der Waals surface area contributed by atoms with E-state index in [-0.39, 0.29) is 17.2 Å². The molecule has 2 N–H and O–H groups in total. The molecule has 1 aliphatic carbocycles. The van der Waals surface area contributed by atoms with Crippen LogP contribution >= 0.6 is 23.1 Å². The number of nitrogens with one attached hydrogen (secondary N) is 2. The van der Waals surface area contributed by atoms with E-state index in [0.717, 1.165) is 29.5 Å². The molecule has 0 bridgehead atoms. The molecule has 1 aliphatic rings. The van der Waals surface area contributed by atoms with Gasteiger partial charge in [0.2, 0.25) is 5.91 Å². The minimum absolute atomic E-state index is 0.0360. The van der Waals surface area contributed by atoms with Gasteiger partial charge >= 0.3 is 0 Å². The molecule has 4 rings (SSSR count). The first-order valence-corrected chi connectivity index (χ1v) is 11.5. The number of carbonyl (C=O) groups is 2. The summed E-state index contributed by atoms with van der Waals surface area (Å²) >= 11 is 3.19. The minimum Gasteiger partial charge on any atom is -0.326 e. The summed E-state index contributed by atoms with van der Waals surface area (Å²) in [5.74, 6) is 1.68. The highest BCUT2D eigenvalue weighted by Crippen LogP contribution is 2.34. The molecule has 8 heteroatoms. The Morgan fingerprint density at radius 1 is 1.31 bits per heavy atom. The number of thioether (sulfide) groups is 1. The van der Waals surface area contributed by atoms with Crippen molar-refractivity contribution in [1.29, 1.82) is 0 Å². The van der Waals surface area contributed by atoms with Crippen LogP contribution in [0.5, 0.6) is 0 Å². The van der Waals surface area contributed by atoms with Crippen molar-refractivity contribution in [2.45, 2.75) is 38.4 Å². The molecule has 0 atom stereocenters. The molecule has 0 spiro atoms. The van der Waals surface area contributed by atoms with Crippen molar-refractivity contribution >= 4 is 50.7 Å². The Hall–Kier alpha value is -2.45. The second-order valence-electron chi connectivity index (χ2n) is 7.04. The van der Waals surface area contributed by atoms with Crippen LogP contribution in [0.25, 0.3) is 10.2 Å². The van der Waals surface area contributed by atoms with Crippen LogP contribution in [0.1, 0.15) is 46.4 Å². The van der Waals surface area contributed by atoms with Crippen molar-refractivity contribution in [1.82, 2.24) is 9.97 Å². The van der Waals surface area contributed by atoms with Crippen molar-refractivity contribution in [2.75, 3.05) is 11.1 Å². The predicted molar refractivity (Wildman–Crippen MR) is 118 cm³/mol. The normalized spacial score (nSPS) is 12.9. The second-order valence-corrected chi connectivity index (χ2v) is 9.23. The van der Waals surface area contributed by atoms with E-state index in [1.807, 2.05) is 0 Å². The third-order valence-corrected chi connectivity index (χ3v) is 7.05. The Bertz CT molecular complexity index is 1150. The Morgan fingerprint density at radius 2 is 2.17 bits per heavy atom. The molecule has 0 radical (unpaired) electrons. The number of aromatic nitrogens is 2. The zero-order valence-electron chi connectivity index (χ0n) is 16.0. The van der Waals surface area contributed by atoms with E-state index in [4.69, 9.17) is 0 Å². The fourth-order valence-corrected chi connectivity index (χ4v) is 5.57. The fraction of sp³-hybridized carbons (Fsp3) is 0.333. The average Bonchev–Trinajstić information content (AvgIpc) is 3.26. The maximum atomic E-state index is 12.5. The van der Waals surface area contributed by atoms with Crippen LogP contribution in [0.15, 0.2) is 29.1 Å². The van der Waals surface area contributed by atoms with Crippen LogP contribution in [-0.2, 0) is 23.4 Å². The number of Topliss-reactive ketones (excluding diaryl/α,β-unsaturated/α-hetero) is 1. The Kier molecular flexibility index (Phi) is 5.82. The molecule has 150 valence electrons. The number of aryl methyl sites for hydroxylation is 2. The number of aromatic amines is 1. The molecule has 6 nitrogen and oxygen atoms in total. The summed E-state index contributed by atoms with van der Waals surface area (Å²) in [6.07, 6.45) is 3.48. The summed E-state index contributed by atoms with van der Waals surface area (Å²) in [4.78, 5) is 45.7. The van der Waals surface area contributed by atoms with E-state index in [1.54, 1.807) is 47.4 Å². The summed E-state index contributed by atoms with van der Waals surface area (Å²) in [5, 5.41) is 3.58. The Labute approximate surface area is 176 Å². The van der Waals surface area contributed by atoms with Crippen molar-refractivity contribution in [3.8, 4) is 0 Å². The highest BCUT2D eigenvalue weighted by atomic mass is 32.2. The van der Waals surface area contributed by atoms with Gasteiger partial charge in [-0.1, -0.05) is 12.1 Å². The molecule has 2 aromatic heterocycles. The van der Waals surface area contributed by atoms with E-state index in [0.29, 0.717) is 35.0 Å². The predicted octanol–water partition coefficient (Wildman–Crippen LogP) is 3.94. The SMILES string of the molecule is CC(=O)c1cccc(NC(=O)CCSCc2nc3sc4c(c3c(=O)[nH]2)CCC4)c1. The van der Waals surface area contributed by atoms with Crippen molar-refractivity contribution < 1.29 is 9.59 Å². The topological polar surface area (TPSA) is 91.9 Å². The van der Waals surface area contributed by atoms with Gasteiger partial charge in [-0.25, -0.2) is 4.98 Å². The lowest BCUT2D eigenvalue weighted by molar-refractivity contribution is -0.115. The lowest BCUT2D eigenvalue weighted by Gasteiger charge is -2.06. The summed E-state index contributed by atoms with van der Waals surface area (Å²) in [5.41, 5.74) is 2.33. The van der Waals surface area contributed by atoms with Gasteiger partial charge in [-0.05, 0) is 43.9 Å². The Balaban J connectivity index is 1.30. The number of fused-ring (bicyclic) bond motifs is 3. The molecule has 2 heterocycles. The monoisotopic (exact) mass is 427 g/mol. The molecule has 1 amide bonds. The molecule has 0 fully saturated rings. The fourth-order valence-electron chi connectivity index (χ4n) is 3.49. The zero-order chi connectivity index (χ0) is 20.4. The summed E-state index contributed by atoms with van der Waals surface area (Å²) in [6, 6.07) is 6.91. The number of anilines is 1. The standard InChI is InChI=1S/C21H21N3O3S2/c1-12(25)13-4-2-5-14(10-13)22-18(26)8-9-28-11-17-23-20(27)19-15-6-3-7-16(15)29-21(19)24-17/h2,4-5,10H,3,6-9,11H2,1H3,(H,22,26)(H,23,24,27). The quantitative estimate of drug-likeness (QED) is 0.440. The molecule has 3 aromatic rings.